The van der Waals surface area contributed by atoms with E-state index in [1.54, 1.807) is 11.3 Å². The standard InChI is InChI=1S/C13H13BrClNS/c1-7-5-10(8(2)17-7)13(16)11-6-9(15)3-4-12(11)14/h3-6,13H,16H2,1-2H3. The lowest BCUT2D eigenvalue weighted by Gasteiger charge is -2.14. The fourth-order valence-corrected chi connectivity index (χ4v) is 3.53. The van der Waals surface area contributed by atoms with Gasteiger partial charge in [0, 0.05) is 19.2 Å². The van der Waals surface area contributed by atoms with E-state index in [-0.39, 0.29) is 6.04 Å². The average Bonchev–Trinajstić information content (AvgIpc) is 2.60. The number of nitrogens with two attached hydrogens (primary N) is 1. The lowest BCUT2D eigenvalue weighted by atomic mass is 10.0. The van der Waals surface area contributed by atoms with Crippen LogP contribution in [0.4, 0.5) is 0 Å². The van der Waals surface area contributed by atoms with Gasteiger partial charge in [-0.15, -0.1) is 11.3 Å². The maximum absolute atomic E-state index is 6.32. The van der Waals surface area contributed by atoms with Crippen LogP contribution in [-0.2, 0) is 0 Å². The van der Waals surface area contributed by atoms with Gasteiger partial charge in [0.2, 0.25) is 0 Å². The molecule has 1 unspecified atom stereocenters. The largest absolute Gasteiger partial charge is 0.320 e. The molecule has 1 nitrogen and oxygen atoms in total. The van der Waals surface area contributed by atoms with Crippen LogP contribution in [0.3, 0.4) is 0 Å². The Balaban J connectivity index is 2.46. The molecule has 0 saturated heterocycles. The van der Waals surface area contributed by atoms with Crippen molar-refractivity contribution in [3.63, 3.8) is 0 Å². The number of thiophene rings is 1. The van der Waals surface area contributed by atoms with Gasteiger partial charge in [0.05, 0.1) is 6.04 Å². The molecular formula is C13H13BrClNS. The van der Waals surface area contributed by atoms with Crippen molar-refractivity contribution in [2.45, 2.75) is 19.9 Å². The molecule has 1 heterocycles. The van der Waals surface area contributed by atoms with E-state index in [2.05, 4.69) is 35.8 Å². The second-order valence-corrected chi connectivity index (χ2v) is 6.76. The Morgan fingerprint density at radius 3 is 2.53 bits per heavy atom. The van der Waals surface area contributed by atoms with Crippen molar-refractivity contribution in [2.75, 3.05) is 0 Å². The second-order valence-electron chi connectivity index (χ2n) is 4.01. The van der Waals surface area contributed by atoms with E-state index < -0.39 is 0 Å². The molecule has 0 aliphatic heterocycles. The third kappa shape index (κ3) is 2.74. The molecule has 17 heavy (non-hydrogen) atoms. The number of hydrogen-bond acceptors (Lipinski definition) is 2. The Morgan fingerprint density at radius 2 is 1.94 bits per heavy atom. The highest BCUT2D eigenvalue weighted by Crippen LogP contribution is 2.33. The van der Waals surface area contributed by atoms with Gasteiger partial charge in [0.15, 0.2) is 0 Å². The van der Waals surface area contributed by atoms with Gasteiger partial charge in [-0.1, -0.05) is 27.5 Å². The van der Waals surface area contributed by atoms with Gasteiger partial charge >= 0.3 is 0 Å². The minimum absolute atomic E-state index is 0.131. The highest BCUT2D eigenvalue weighted by molar-refractivity contribution is 9.10. The van der Waals surface area contributed by atoms with Crippen LogP contribution in [0.15, 0.2) is 28.7 Å². The highest BCUT2D eigenvalue weighted by Gasteiger charge is 2.16. The SMILES string of the molecule is Cc1cc(C(N)c2cc(Cl)ccc2Br)c(C)s1. The van der Waals surface area contributed by atoms with Crippen LogP contribution < -0.4 is 5.73 Å². The first-order valence-electron chi connectivity index (χ1n) is 5.26. The number of halogens is 2. The molecule has 1 atom stereocenters. The first kappa shape index (κ1) is 13.1. The van der Waals surface area contributed by atoms with Crippen LogP contribution in [0.25, 0.3) is 0 Å². The van der Waals surface area contributed by atoms with Gasteiger partial charge in [0.25, 0.3) is 0 Å². The zero-order chi connectivity index (χ0) is 12.6. The molecule has 90 valence electrons. The van der Waals surface area contributed by atoms with Crippen molar-refractivity contribution in [2.24, 2.45) is 5.73 Å². The molecule has 0 aliphatic rings. The number of benzene rings is 1. The van der Waals surface area contributed by atoms with Crippen LogP contribution in [-0.4, -0.2) is 0 Å². The van der Waals surface area contributed by atoms with Crippen LogP contribution in [0.1, 0.15) is 26.9 Å². The summed E-state index contributed by atoms with van der Waals surface area (Å²) >= 11 is 11.3. The predicted octanol–water partition coefficient (Wildman–Crippen LogP) is 4.83. The maximum Gasteiger partial charge on any atom is 0.0574 e. The van der Waals surface area contributed by atoms with E-state index >= 15 is 0 Å². The fraction of sp³-hybridized carbons (Fsp3) is 0.231. The van der Waals surface area contributed by atoms with Crippen LogP contribution in [0, 0.1) is 13.8 Å². The van der Waals surface area contributed by atoms with Crippen LogP contribution in [0.2, 0.25) is 5.02 Å². The molecule has 0 radical (unpaired) electrons. The van der Waals surface area contributed by atoms with E-state index in [0.29, 0.717) is 5.02 Å². The average molecular weight is 331 g/mol. The molecular weight excluding hydrogens is 318 g/mol. The molecule has 1 aromatic heterocycles. The number of aryl methyl sites for hydroxylation is 2. The summed E-state index contributed by atoms with van der Waals surface area (Å²) in [5, 5.41) is 0.711. The maximum atomic E-state index is 6.32. The monoisotopic (exact) mass is 329 g/mol. The van der Waals surface area contributed by atoms with Crippen molar-refractivity contribution >= 4 is 38.9 Å². The molecule has 2 aromatic rings. The van der Waals surface area contributed by atoms with Gasteiger partial charge in [-0.05, 0) is 49.2 Å². The molecule has 0 amide bonds. The summed E-state index contributed by atoms with van der Waals surface area (Å²) < 4.78 is 0.998. The Kier molecular flexibility index (Phi) is 3.93. The van der Waals surface area contributed by atoms with Crippen molar-refractivity contribution in [3.05, 3.63) is 54.6 Å². The highest BCUT2D eigenvalue weighted by atomic mass is 79.9. The summed E-state index contributed by atoms with van der Waals surface area (Å²) in [4.78, 5) is 2.55. The summed E-state index contributed by atoms with van der Waals surface area (Å²) in [5.74, 6) is 0. The van der Waals surface area contributed by atoms with Gasteiger partial charge in [-0.3, -0.25) is 0 Å². The molecule has 0 spiro atoms. The Labute approximate surface area is 119 Å². The Morgan fingerprint density at radius 1 is 1.24 bits per heavy atom. The molecule has 0 saturated carbocycles. The van der Waals surface area contributed by atoms with Gasteiger partial charge < -0.3 is 5.73 Å². The van der Waals surface area contributed by atoms with E-state index in [1.165, 1.54) is 15.3 Å². The summed E-state index contributed by atoms with van der Waals surface area (Å²) in [7, 11) is 0. The predicted molar refractivity (Wildman–Crippen MR) is 79.0 cm³/mol. The van der Waals surface area contributed by atoms with Gasteiger partial charge in [0.1, 0.15) is 0 Å². The minimum atomic E-state index is -0.131. The van der Waals surface area contributed by atoms with Gasteiger partial charge in [-0.25, -0.2) is 0 Å². The smallest absolute Gasteiger partial charge is 0.0574 e. The third-order valence-electron chi connectivity index (χ3n) is 2.71. The minimum Gasteiger partial charge on any atom is -0.320 e. The number of rotatable bonds is 2. The lowest BCUT2D eigenvalue weighted by Crippen LogP contribution is -2.12. The van der Waals surface area contributed by atoms with E-state index in [4.69, 9.17) is 17.3 Å². The van der Waals surface area contributed by atoms with Crippen molar-refractivity contribution < 1.29 is 0 Å². The molecule has 2 N–H and O–H groups in total. The summed E-state index contributed by atoms with van der Waals surface area (Å²) in [5.41, 5.74) is 8.52. The zero-order valence-electron chi connectivity index (χ0n) is 9.63. The van der Waals surface area contributed by atoms with E-state index in [9.17, 15) is 0 Å². The van der Waals surface area contributed by atoms with E-state index in [1.807, 2.05) is 18.2 Å². The molecule has 0 fully saturated rings. The Bertz CT molecular complexity index is 550. The topological polar surface area (TPSA) is 26.0 Å². The third-order valence-corrected chi connectivity index (χ3v) is 4.65. The van der Waals surface area contributed by atoms with Crippen LogP contribution >= 0.6 is 38.9 Å². The first-order valence-corrected chi connectivity index (χ1v) is 7.25. The zero-order valence-corrected chi connectivity index (χ0v) is 12.8. The van der Waals surface area contributed by atoms with Crippen molar-refractivity contribution in [3.8, 4) is 0 Å². The summed E-state index contributed by atoms with van der Waals surface area (Å²) in [6, 6.07) is 7.73. The molecule has 0 aliphatic carbocycles. The normalized spacial score (nSPS) is 12.8. The summed E-state index contributed by atoms with van der Waals surface area (Å²) in [6.45, 7) is 4.20. The lowest BCUT2D eigenvalue weighted by molar-refractivity contribution is 0.863. The molecule has 2 rings (SSSR count). The molecule has 0 bridgehead atoms. The van der Waals surface area contributed by atoms with Crippen molar-refractivity contribution in [1.29, 1.82) is 0 Å². The molecule has 1 aromatic carbocycles. The Hall–Kier alpha value is -0.350. The molecule has 4 heteroatoms. The van der Waals surface area contributed by atoms with Crippen molar-refractivity contribution in [1.82, 2.24) is 0 Å². The van der Waals surface area contributed by atoms with E-state index in [0.717, 1.165) is 10.0 Å². The first-order chi connectivity index (χ1) is 7.99. The number of hydrogen-bond donors (Lipinski definition) is 1. The second kappa shape index (κ2) is 5.11. The van der Waals surface area contributed by atoms with Crippen LogP contribution in [0.5, 0.6) is 0 Å². The van der Waals surface area contributed by atoms with Gasteiger partial charge in [-0.2, -0.15) is 0 Å². The quantitative estimate of drug-likeness (QED) is 0.838. The summed E-state index contributed by atoms with van der Waals surface area (Å²) in [6.07, 6.45) is 0. The fourth-order valence-electron chi connectivity index (χ4n) is 1.88.